The van der Waals surface area contributed by atoms with E-state index in [1.165, 1.54) is 25.0 Å². The lowest BCUT2D eigenvalue weighted by atomic mass is 10.2. The van der Waals surface area contributed by atoms with Gasteiger partial charge in [0, 0.05) is 11.8 Å². The second-order valence-electron chi connectivity index (χ2n) is 3.41. The molecule has 1 saturated heterocycles. The van der Waals surface area contributed by atoms with Gasteiger partial charge in [-0.25, -0.2) is 5.10 Å². The van der Waals surface area contributed by atoms with Gasteiger partial charge in [-0.3, -0.25) is 0 Å². The molecule has 14 heavy (non-hydrogen) atoms. The molecule has 5 nitrogen and oxygen atoms in total. The standard InChI is InChI=1S/C8H15N5S/c9-7-11-8(13-12-7)10-5-6-3-1-2-4-14-6/h6H,1-5H2,(H4,9,10,11,12,13). The van der Waals surface area contributed by atoms with E-state index in [1.54, 1.807) is 0 Å². The first-order valence-electron chi connectivity index (χ1n) is 4.88. The van der Waals surface area contributed by atoms with Gasteiger partial charge in [-0.2, -0.15) is 16.7 Å². The lowest BCUT2D eigenvalue weighted by Gasteiger charge is -2.20. The molecule has 1 aliphatic heterocycles. The maximum atomic E-state index is 5.41. The van der Waals surface area contributed by atoms with Crippen LogP contribution in [0.3, 0.4) is 0 Å². The normalized spacial score (nSPS) is 22.1. The van der Waals surface area contributed by atoms with Gasteiger partial charge < -0.3 is 11.1 Å². The summed E-state index contributed by atoms with van der Waals surface area (Å²) in [6, 6.07) is 0. The molecule has 1 aromatic rings. The second-order valence-corrected chi connectivity index (χ2v) is 4.82. The largest absolute Gasteiger partial charge is 0.368 e. The first kappa shape index (κ1) is 9.64. The molecule has 0 aromatic carbocycles. The van der Waals surface area contributed by atoms with Gasteiger partial charge in [0.05, 0.1) is 0 Å². The molecule has 2 rings (SSSR count). The van der Waals surface area contributed by atoms with Crippen LogP contribution in [0, 0.1) is 0 Å². The molecule has 0 spiro atoms. The van der Waals surface area contributed by atoms with Gasteiger partial charge in [0.2, 0.25) is 11.9 Å². The summed E-state index contributed by atoms with van der Waals surface area (Å²) in [4.78, 5) is 3.99. The van der Waals surface area contributed by atoms with Gasteiger partial charge >= 0.3 is 0 Å². The van der Waals surface area contributed by atoms with E-state index >= 15 is 0 Å². The predicted octanol–water partition coefficient (Wildman–Crippen LogP) is 1.08. The maximum absolute atomic E-state index is 5.41. The van der Waals surface area contributed by atoms with Crippen molar-refractivity contribution in [2.24, 2.45) is 0 Å². The smallest absolute Gasteiger partial charge is 0.243 e. The van der Waals surface area contributed by atoms with Crippen LogP contribution >= 0.6 is 11.8 Å². The third kappa shape index (κ3) is 2.54. The Morgan fingerprint density at radius 1 is 1.57 bits per heavy atom. The van der Waals surface area contributed by atoms with Crippen LogP contribution < -0.4 is 11.1 Å². The Balaban J connectivity index is 1.76. The van der Waals surface area contributed by atoms with E-state index in [2.05, 4.69) is 20.5 Å². The molecular formula is C8H15N5S. The third-order valence-electron chi connectivity index (χ3n) is 2.26. The second kappa shape index (κ2) is 4.54. The summed E-state index contributed by atoms with van der Waals surface area (Å²) in [5.41, 5.74) is 5.41. The molecule has 1 aromatic heterocycles. The summed E-state index contributed by atoms with van der Waals surface area (Å²) < 4.78 is 0. The van der Waals surface area contributed by atoms with Crippen LogP contribution in [-0.4, -0.2) is 32.7 Å². The highest BCUT2D eigenvalue weighted by Gasteiger charge is 2.13. The van der Waals surface area contributed by atoms with E-state index in [1.807, 2.05) is 11.8 Å². The Bertz CT molecular complexity index is 281. The summed E-state index contributed by atoms with van der Waals surface area (Å²) in [6.45, 7) is 0.932. The summed E-state index contributed by atoms with van der Waals surface area (Å²) in [7, 11) is 0. The van der Waals surface area contributed by atoms with Crippen LogP contribution in [0.1, 0.15) is 19.3 Å². The van der Waals surface area contributed by atoms with Crippen LogP contribution in [0.2, 0.25) is 0 Å². The van der Waals surface area contributed by atoms with E-state index in [-0.39, 0.29) is 0 Å². The predicted molar refractivity (Wildman–Crippen MR) is 59.4 cm³/mol. The monoisotopic (exact) mass is 213 g/mol. The average molecular weight is 213 g/mol. The molecule has 1 aliphatic rings. The fourth-order valence-corrected chi connectivity index (χ4v) is 2.77. The SMILES string of the molecule is Nc1nc(NCC2CCCCS2)n[nH]1. The number of H-pyrrole nitrogens is 1. The summed E-state index contributed by atoms with van der Waals surface area (Å²) in [5.74, 6) is 2.25. The summed E-state index contributed by atoms with van der Waals surface area (Å²) >= 11 is 2.03. The van der Waals surface area contributed by atoms with Crippen LogP contribution in [0.15, 0.2) is 0 Å². The molecule has 78 valence electrons. The van der Waals surface area contributed by atoms with E-state index in [9.17, 15) is 0 Å². The minimum absolute atomic E-state index is 0.365. The highest BCUT2D eigenvalue weighted by Crippen LogP contribution is 2.24. The quantitative estimate of drug-likeness (QED) is 0.700. The number of hydrogen-bond donors (Lipinski definition) is 3. The van der Waals surface area contributed by atoms with Crippen molar-refractivity contribution in [3.05, 3.63) is 0 Å². The topological polar surface area (TPSA) is 79.6 Å². The molecule has 1 fully saturated rings. The Kier molecular flexibility index (Phi) is 3.13. The van der Waals surface area contributed by atoms with E-state index < -0.39 is 0 Å². The van der Waals surface area contributed by atoms with Crippen molar-refractivity contribution in [1.82, 2.24) is 15.2 Å². The first-order valence-corrected chi connectivity index (χ1v) is 5.93. The van der Waals surface area contributed by atoms with Crippen molar-refractivity contribution >= 4 is 23.7 Å². The molecule has 0 aliphatic carbocycles. The highest BCUT2D eigenvalue weighted by atomic mass is 32.2. The fraction of sp³-hybridized carbons (Fsp3) is 0.750. The maximum Gasteiger partial charge on any atom is 0.243 e. The number of aromatic amines is 1. The number of nitrogen functional groups attached to an aromatic ring is 1. The third-order valence-corrected chi connectivity index (χ3v) is 3.66. The van der Waals surface area contributed by atoms with Gasteiger partial charge in [-0.1, -0.05) is 6.42 Å². The minimum Gasteiger partial charge on any atom is -0.368 e. The van der Waals surface area contributed by atoms with Crippen LogP contribution in [0.4, 0.5) is 11.9 Å². The van der Waals surface area contributed by atoms with E-state index in [0.717, 1.165) is 6.54 Å². The van der Waals surface area contributed by atoms with Crippen molar-refractivity contribution < 1.29 is 0 Å². The Labute approximate surface area is 87.2 Å². The Hall–Kier alpha value is -0.910. The zero-order valence-corrected chi connectivity index (χ0v) is 8.81. The summed E-state index contributed by atoms with van der Waals surface area (Å²) in [5, 5.41) is 10.4. The van der Waals surface area contributed by atoms with Crippen molar-refractivity contribution in [1.29, 1.82) is 0 Å². The van der Waals surface area contributed by atoms with Gasteiger partial charge in [-0.05, 0) is 18.6 Å². The average Bonchev–Trinajstić information content (AvgIpc) is 2.63. The van der Waals surface area contributed by atoms with Crippen molar-refractivity contribution in [2.45, 2.75) is 24.5 Å². The highest BCUT2D eigenvalue weighted by molar-refractivity contribution is 7.99. The number of nitrogens with one attached hydrogen (secondary N) is 2. The molecule has 1 atom stereocenters. The fourth-order valence-electron chi connectivity index (χ4n) is 1.53. The van der Waals surface area contributed by atoms with Gasteiger partial charge in [0.1, 0.15) is 0 Å². The number of nitrogens with zero attached hydrogens (tertiary/aromatic N) is 2. The lowest BCUT2D eigenvalue weighted by molar-refractivity contribution is 0.676. The number of rotatable bonds is 3. The van der Waals surface area contributed by atoms with Crippen molar-refractivity contribution in [3.63, 3.8) is 0 Å². The number of anilines is 2. The molecule has 4 N–H and O–H groups in total. The number of thioether (sulfide) groups is 1. The first-order chi connectivity index (χ1) is 6.84. The van der Waals surface area contributed by atoms with Crippen LogP contribution in [-0.2, 0) is 0 Å². The minimum atomic E-state index is 0.365. The molecule has 0 amide bonds. The van der Waals surface area contributed by atoms with Gasteiger partial charge in [-0.15, -0.1) is 5.10 Å². The van der Waals surface area contributed by atoms with E-state index in [0.29, 0.717) is 17.1 Å². The molecule has 0 radical (unpaired) electrons. The number of nitrogens with two attached hydrogens (primary N) is 1. The molecule has 2 heterocycles. The van der Waals surface area contributed by atoms with Gasteiger partial charge in [0.25, 0.3) is 0 Å². The number of aromatic nitrogens is 3. The molecule has 0 bridgehead atoms. The van der Waals surface area contributed by atoms with Crippen molar-refractivity contribution in [3.8, 4) is 0 Å². The number of hydrogen-bond acceptors (Lipinski definition) is 5. The molecule has 1 unspecified atom stereocenters. The van der Waals surface area contributed by atoms with E-state index in [4.69, 9.17) is 5.73 Å². The zero-order valence-electron chi connectivity index (χ0n) is 7.99. The lowest BCUT2D eigenvalue weighted by Crippen LogP contribution is -2.20. The molecular weight excluding hydrogens is 198 g/mol. The van der Waals surface area contributed by atoms with Crippen LogP contribution in [0.5, 0.6) is 0 Å². The molecule has 6 heteroatoms. The van der Waals surface area contributed by atoms with Crippen molar-refractivity contribution in [2.75, 3.05) is 23.3 Å². The Morgan fingerprint density at radius 2 is 2.50 bits per heavy atom. The van der Waals surface area contributed by atoms with Crippen LogP contribution in [0.25, 0.3) is 0 Å². The zero-order chi connectivity index (χ0) is 9.80. The Morgan fingerprint density at radius 3 is 3.14 bits per heavy atom. The van der Waals surface area contributed by atoms with Gasteiger partial charge in [0.15, 0.2) is 0 Å². The summed E-state index contributed by atoms with van der Waals surface area (Å²) in [6.07, 6.45) is 3.99. The molecule has 0 saturated carbocycles.